The molecule has 1 aliphatic carbocycles. The van der Waals surface area contributed by atoms with Gasteiger partial charge in [0.25, 0.3) is 0 Å². The third-order valence-corrected chi connectivity index (χ3v) is 6.85. The van der Waals surface area contributed by atoms with Gasteiger partial charge in [-0.15, -0.1) is 5.53 Å². The average Bonchev–Trinajstić information content (AvgIpc) is 3.53. The molecule has 3 aromatic rings. The number of nitrogens with one attached hydrogen (secondary N) is 4. The van der Waals surface area contributed by atoms with Crippen LogP contribution in [-0.2, 0) is 0 Å². The minimum atomic E-state index is -0.628. The Balaban J connectivity index is 1.58. The van der Waals surface area contributed by atoms with E-state index in [1.54, 1.807) is 30.3 Å². The Kier molecular flexibility index (Phi) is 6.49. The lowest BCUT2D eigenvalue weighted by Gasteiger charge is -2.24. The van der Waals surface area contributed by atoms with Gasteiger partial charge in [-0.3, -0.25) is 9.99 Å². The van der Waals surface area contributed by atoms with Crippen LogP contribution in [0.15, 0.2) is 42.4 Å². The number of halogens is 2. The summed E-state index contributed by atoms with van der Waals surface area (Å²) in [6, 6.07) is 9.87. The molecule has 5 rings (SSSR count). The van der Waals surface area contributed by atoms with Gasteiger partial charge in [0.15, 0.2) is 5.82 Å². The Hall–Kier alpha value is -4.48. The first kappa shape index (κ1) is 26.1. The van der Waals surface area contributed by atoms with Crippen LogP contribution in [0.2, 0.25) is 0 Å². The van der Waals surface area contributed by atoms with Crippen molar-refractivity contribution in [1.29, 1.82) is 10.5 Å². The average molecular weight is 530 g/mol. The van der Waals surface area contributed by atoms with Crippen molar-refractivity contribution in [2.24, 2.45) is 5.41 Å². The largest absolute Gasteiger partial charge is 0.383 e. The third kappa shape index (κ3) is 5.14. The Morgan fingerprint density at radius 3 is 2.62 bits per heavy atom. The fraction of sp³-hybridized carbons (Fsp3) is 0.357. The van der Waals surface area contributed by atoms with Gasteiger partial charge in [0.1, 0.15) is 17.1 Å². The molecule has 3 heterocycles. The van der Waals surface area contributed by atoms with Gasteiger partial charge in [0, 0.05) is 41.3 Å². The minimum Gasteiger partial charge on any atom is -0.383 e. The van der Waals surface area contributed by atoms with Gasteiger partial charge in [-0.2, -0.15) is 14.9 Å². The molecule has 11 heteroatoms. The second kappa shape index (κ2) is 9.68. The normalized spacial score (nSPS) is 16.6. The molecule has 39 heavy (non-hydrogen) atoms. The van der Waals surface area contributed by atoms with Crippen LogP contribution < -0.4 is 21.6 Å². The van der Waals surface area contributed by atoms with Gasteiger partial charge >= 0.3 is 0 Å². The molecule has 1 atom stereocenters. The summed E-state index contributed by atoms with van der Waals surface area (Å²) in [5.74, 6) is -1.16. The second-order valence-electron chi connectivity index (χ2n) is 11.1. The summed E-state index contributed by atoms with van der Waals surface area (Å²) in [5.41, 5.74) is 8.56. The maximum Gasteiger partial charge on any atom is 0.213 e. The monoisotopic (exact) mass is 529 g/mol. The third-order valence-electron chi connectivity index (χ3n) is 6.85. The molecule has 2 aromatic heterocycles. The highest BCUT2D eigenvalue weighted by molar-refractivity contribution is 5.96. The second-order valence-corrected chi connectivity index (χ2v) is 11.1. The van der Waals surface area contributed by atoms with Crippen molar-refractivity contribution in [3.8, 4) is 12.1 Å². The first-order valence-corrected chi connectivity index (χ1v) is 12.6. The summed E-state index contributed by atoms with van der Waals surface area (Å²) in [4.78, 5) is 8.18. The predicted molar refractivity (Wildman–Crippen MR) is 143 cm³/mol. The SMILES string of the molecule is Cc1nc(F)ccc1[C@H](Nc1cc(F)c2ncc(C#N)c(NCC(C)(C)C)c2c1)C1=CN(C2(C#N)CC2)NN1. The first-order chi connectivity index (χ1) is 18.5. The van der Waals surface area contributed by atoms with Crippen molar-refractivity contribution in [2.45, 2.75) is 52.1 Å². The number of aryl methyl sites for hydroxylation is 1. The summed E-state index contributed by atoms with van der Waals surface area (Å²) >= 11 is 0. The fourth-order valence-corrected chi connectivity index (χ4v) is 4.54. The first-order valence-electron chi connectivity index (χ1n) is 12.6. The molecular weight excluding hydrogens is 500 g/mol. The van der Waals surface area contributed by atoms with Crippen LogP contribution in [0.4, 0.5) is 20.2 Å². The van der Waals surface area contributed by atoms with E-state index >= 15 is 4.39 Å². The number of rotatable bonds is 7. The van der Waals surface area contributed by atoms with E-state index in [1.807, 2.05) is 0 Å². The van der Waals surface area contributed by atoms with Gasteiger partial charge in [0.2, 0.25) is 5.95 Å². The van der Waals surface area contributed by atoms with Crippen molar-refractivity contribution in [3.05, 3.63) is 70.9 Å². The lowest BCUT2D eigenvalue weighted by molar-refractivity contribution is 0.217. The van der Waals surface area contributed by atoms with E-state index in [9.17, 15) is 14.9 Å². The van der Waals surface area contributed by atoms with Crippen LogP contribution >= 0.6 is 0 Å². The Labute approximate surface area is 225 Å². The van der Waals surface area contributed by atoms with Gasteiger partial charge in [-0.1, -0.05) is 26.8 Å². The number of aromatic nitrogens is 2. The number of fused-ring (bicyclic) bond motifs is 1. The van der Waals surface area contributed by atoms with Crippen LogP contribution in [0.1, 0.15) is 56.5 Å². The number of hydrazine groups is 2. The van der Waals surface area contributed by atoms with Crippen LogP contribution in [0.25, 0.3) is 10.9 Å². The van der Waals surface area contributed by atoms with Gasteiger partial charge in [0.05, 0.1) is 29.1 Å². The van der Waals surface area contributed by atoms with Gasteiger partial charge in [-0.05, 0) is 43.4 Å². The summed E-state index contributed by atoms with van der Waals surface area (Å²) in [7, 11) is 0. The predicted octanol–water partition coefficient (Wildman–Crippen LogP) is 4.92. The number of benzene rings is 1. The fourth-order valence-electron chi connectivity index (χ4n) is 4.54. The smallest absolute Gasteiger partial charge is 0.213 e. The Bertz CT molecular complexity index is 1560. The van der Waals surface area contributed by atoms with Crippen LogP contribution in [0, 0.1) is 46.8 Å². The highest BCUT2D eigenvalue weighted by atomic mass is 19.1. The molecule has 0 saturated heterocycles. The molecule has 0 unspecified atom stereocenters. The number of hydrogen-bond donors (Lipinski definition) is 4. The standard InChI is InChI=1S/C28H29F2N9/c1-16-19(5-6-23(30)35-16)26(22-13-39(38-37-22)28(14-32)7-8-28)36-18-9-20-24(34-15-27(2,3)4)17(11-31)12-33-25(20)21(29)10-18/h5-6,9-10,12-13,26,36-38H,7-8,15H2,1-4H3,(H,33,34)/t26-/m0/s1. The zero-order valence-corrected chi connectivity index (χ0v) is 22.2. The number of hydrogen-bond acceptors (Lipinski definition) is 9. The Morgan fingerprint density at radius 2 is 1.97 bits per heavy atom. The molecule has 1 aliphatic heterocycles. The zero-order valence-electron chi connectivity index (χ0n) is 22.2. The molecule has 1 saturated carbocycles. The lowest BCUT2D eigenvalue weighted by atomic mass is 9.96. The number of nitrogens with zero attached hydrogens (tertiary/aromatic N) is 5. The molecule has 2 aliphatic rings. The highest BCUT2D eigenvalue weighted by Crippen LogP contribution is 2.42. The van der Waals surface area contributed by atoms with Crippen molar-refractivity contribution < 1.29 is 8.78 Å². The molecule has 4 N–H and O–H groups in total. The zero-order chi connectivity index (χ0) is 27.9. The van der Waals surface area contributed by atoms with E-state index < -0.39 is 23.3 Å². The number of pyridine rings is 2. The molecule has 0 bridgehead atoms. The Morgan fingerprint density at radius 1 is 1.21 bits per heavy atom. The molecule has 0 spiro atoms. The van der Waals surface area contributed by atoms with E-state index in [4.69, 9.17) is 0 Å². The van der Waals surface area contributed by atoms with Crippen LogP contribution in [0.5, 0.6) is 0 Å². The lowest BCUT2D eigenvalue weighted by Crippen LogP contribution is -2.44. The van der Waals surface area contributed by atoms with Crippen molar-refractivity contribution in [3.63, 3.8) is 0 Å². The maximum atomic E-state index is 15.4. The van der Waals surface area contributed by atoms with Gasteiger partial charge in [-0.25, -0.2) is 9.37 Å². The van der Waals surface area contributed by atoms with Crippen molar-refractivity contribution in [2.75, 3.05) is 17.2 Å². The highest BCUT2D eigenvalue weighted by Gasteiger charge is 2.50. The minimum absolute atomic E-state index is 0.0865. The number of nitriles is 2. The maximum absolute atomic E-state index is 15.4. The molecule has 0 radical (unpaired) electrons. The van der Waals surface area contributed by atoms with E-state index in [0.717, 1.165) is 12.8 Å². The molecule has 1 fully saturated rings. The quantitative estimate of drug-likeness (QED) is 0.316. The summed E-state index contributed by atoms with van der Waals surface area (Å²) < 4.78 is 29.3. The summed E-state index contributed by atoms with van der Waals surface area (Å²) in [5, 5.41) is 28.2. The van der Waals surface area contributed by atoms with E-state index in [0.29, 0.717) is 45.8 Å². The molecular formula is C28H29F2N9. The van der Waals surface area contributed by atoms with Crippen LogP contribution in [-0.4, -0.2) is 27.1 Å². The summed E-state index contributed by atoms with van der Waals surface area (Å²) in [6.45, 7) is 8.44. The summed E-state index contributed by atoms with van der Waals surface area (Å²) in [6.07, 6.45) is 4.62. The van der Waals surface area contributed by atoms with Gasteiger partial charge < -0.3 is 16.1 Å². The number of anilines is 2. The van der Waals surface area contributed by atoms with Crippen molar-refractivity contribution >= 4 is 22.3 Å². The van der Waals surface area contributed by atoms with Crippen molar-refractivity contribution in [1.82, 2.24) is 25.9 Å². The molecule has 1 aromatic carbocycles. The molecule has 200 valence electrons. The topological polar surface area (TPSA) is 125 Å². The molecule has 9 nitrogen and oxygen atoms in total. The van der Waals surface area contributed by atoms with E-state index in [2.05, 4.69) is 64.5 Å². The van der Waals surface area contributed by atoms with Crippen LogP contribution in [0.3, 0.4) is 0 Å². The van der Waals surface area contributed by atoms with E-state index in [-0.39, 0.29) is 10.9 Å². The van der Waals surface area contributed by atoms with E-state index in [1.165, 1.54) is 18.3 Å². The molecule has 0 amide bonds.